The molecule has 0 aromatic carbocycles. The van der Waals surface area contributed by atoms with Crippen molar-refractivity contribution in [2.75, 3.05) is 20.3 Å². The van der Waals surface area contributed by atoms with E-state index in [0.29, 0.717) is 12.8 Å². The molecule has 10 unspecified atom stereocenters. The zero-order valence-electron chi connectivity index (χ0n) is 18.5. The van der Waals surface area contributed by atoms with Crippen LogP contribution in [0.2, 0.25) is 0 Å². The third-order valence-electron chi connectivity index (χ3n) is 6.13. The van der Waals surface area contributed by atoms with Crippen molar-refractivity contribution in [2.45, 2.75) is 107 Å². The van der Waals surface area contributed by atoms with Crippen LogP contribution in [0.15, 0.2) is 0 Å². The molecule has 0 aromatic rings. The Balaban J connectivity index is 2.14. The van der Waals surface area contributed by atoms with Crippen molar-refractivity contribution < 1.29 is 54.3 Å². The first-order valence-electron chi connectivity index (χ1n) is 10.8. The minimum absolute atomic E-state index is 0.513. The maximum Gasteiger partial charge on any atom is 0.187 e. The molecule has 0 spiro atoms. The fourth-order valence-corrected chi connectivity index (χ4v) is 4.06. The largest absolute Gasteiger partial charge is 0.394 e. The molecule has 11 atom stereocenters. The fraction of sp³-hybridized carbons (Fsp3) is 1.00. The summed E-state index contributed by atoms with van der Waals surface area (Å²) in [6, 6.07) is 0. The van der Waals surface area contributed by atoms with Crippen molar-refractivity contribution in [1.29, 1.82) is 0 Å². The lowest BCUT2D eigenvalue weighted by Crippen LogP contribution is -2.65. The van der Waals surface area contributed by atoms with Crippen molar-refractivity contribution in [3.05, 3.63) is 0 Å². The Kier molecular flexibility index (Phi) is 10.0. The van der Waals surface area contributed by atoms with E-state index >= 15 is 0 Å². The van der Waals surface area contributed by atoms with Crippen LogP contribution in [0.3, 0.4) is 0 Å². The van der Waals surface area contributed by atoms with Crippen molar-refractivity contribution in [1.82, 2.24) is 0 Å². The maximum atomic E-state index is 10.7. The van der Waals surface area contributed by atoms with Gasteiger partial charge >= 0.3 is 0 Å². The molecule has 0 aliphatic carbocycles. The molecule has 2 aliphatic rings. The van der Waals surface area contributed by atoms with Gasteiger partial charge in [0.15, 0.2) is 12.6 Å². The Hall–Kier alpha value is -0.440. The number of rotatable bonds is 10. The molecular formula is C20H38O11. The summed E-state index contributed by atoms with van der Waals surface area (Å²) < 4.78 is 27.8. The van der Waals surface area contributed by atoms with E-state index in [9.17, 15) is 30.6 Å². The maximum absolute atomic E-state index is 10.7. The predicted octanol–water partition coefficient (Wildman–Crippen LogP) is -1.75. The van der Waals surface area contributed by atoms with Crippen LogP contribution in [0.4, 0.5) is 0 Å². The van der Waals surface area contributed by atoms with Crippen molar-refractivity contribution >= 4 is 0 Å². The lowest BCUT2D eigenvalue weighted by Gasteiger charge is -2.47. The van der Waals surface area contributed by atoms with Gasteiger partial charge in [-0.05, 0) is 19.8 Å². The van der Waals surface area contributed by atoms with Gasteiger partial charge in [0.1, 0.15) is 48.8 Å². The van der Waals surface area contributed by atoms with Crippen LogP contribution in [0.25, 0.3) is 0 Å². The molecule has 2 heterocycles. The Bertz CT molecular complexity index is 533. The molecule has 11 nitrogen and oxygen atoms in total. The smallest absolute Gasteiger partial charge is 0.187 e. The van der Waals surface area contributed by atoms with E-state index in [1.807, 2.05) is 20.8 Å². The van der Waals surface area contributed by atoms with Crippen molar-refractivity contribution in [3.63, 3.8) is 0 Å². The normalized spacial score (nSPS) is 43.5. The predicted molar refractivity (Wildman–Crippen MR) is 106 cm³/mol. The molecule has 2 fully saturated rings. The lowest BCUT2D eigenvalue weighted by molar-refractivity contribution is -0.369. The molecule has 31 heavy (non-hydrogen) atoms. The Morgan fingerprint density at radius 1 is 0.806 bits per heavy atom. The minimum Gasteiger partial charge on any atom is -0.394 e. The lowest BCUT2D eigenvalue weighted by atomic mass is 9.95. The van der Waals surface area contributed by atoms with E-state index in [2.05, 4.69) is 0 Å². The summed E-state index contributed by atoms with van der Waals surface area (Å²) in [5, 5.41) is 61.2. The number of hydrogen-bond donors (Lipinski definition) is 6. The van der Waals surface area contributed by atoms with Gasteiger partial charge in [0.2, 0.25) is 0 Å². The highest BCUT2D eigenvalue weighted by atomic mass is 16.7. The van der Waals surface area contributed by atoms with Crippen LogP contribution in [0, 0.1) is 0 Å². The molecule has 0 amide bonds. The summed E-state index contributed by atoms with van der Waals surface area (Å²) in [5.41, 5.74) is -0.593. The topological polar surface area (TPSA) is 168 Å². The second-order valence-corrected chi connectivity index (χ2v) is 8.39. The second-order valence-electron chi connectivity index (χ2n) is 8.39. The Morgan fingerprint density at radius 2 is 1.32 bits per heavy atom. The summed E-state index contributed by atoms with van der Waals surface area (Å²) >= 11 is 0. The molecule has 0 bridgehead atoms. The average molecular weight is 455 g/mol. The summed E-state index contributed by atoms with van der Waals surface area (Å²) in [7, 11) is 1.30. The summed E-state index contributed by atoms with van der Waals surface area (Å²) in [6.45, 7) is 4.74. The molecule has 184 valence electrons. The third kappa shape index (κ3) is 5.92. The van der Waals surface area contributed by atoms with Gasteiger partial charge < -0.3 is 54.3 Å². The van der Waals surface area contributed by atoms with Crippen LogP contribution in [0.5, 0.6) is 0 Å². The monoisotopic (exact) mass is 454 g/mol. The van der Waals surface area contributed by atoms with Gasteiger partial charge in [0, 0.05) is 7.11 Å². The van der Waals surface area contributed by atoms with Gasteiger partial charge in [-0.1, -0.05) is 20.3 Å². The van der Waals surface area contributed by atoms with E-state index < -0.39 is 80.2 Å². The summed E-state index contributed by atoms with van der Waals surface area (Å²) in [4.78, 5) is 0. The molecule has 0 saturated carbocycles. The molecule has 2 saturated heterocycles. The Labute approximate surface area is 182 Å². The minimum atomic E-state index is -1.57. The van der Waals surface area contributed by atoms with Gasteiger partial charge in [0.05, 0.1) is 18.8 Å². The molecule has 6 N–H and O–H groups in total. The van der Waals surface area contributed by atoms with Gasteiger partial charge in [0.25, 0.3) is 0 Å². The van der Waals surface area contributed by atoms with Gasteiger partial charge in [-0.2, -0.15) is 0 Å². The molecule has 2 rings (SSSR count). The number of ether oxygens (including phenoxy) is 5. The number of aliphatic hydroxyl groups excluding tert-OH is 6. The SMILES string of the molecule is CCC[C@](C)(CC)OC1OC(CO)C(OC2OC(CO)C(OC)C(O)C2O)C(O)C1O. The zero-order chi connectivity index (χ0) is 23.3. The van der Waals surface area contributed by atoms with Gasteiger partial charge in [-0.25, -0.2) is 0 Å². The highest BCUT2D eigenvalue weighted by molar-refractivity contribution is 4.95. The third-order valence-corrected chi connectivity index (χ3v) is 6.13. The average Bonchev–Trinajstić information content (AvgIpc) is 2.76. The molecule has 11 heteroatoms. The van der Waals surface area contributed by atoms with E-state index in [-0.39, 0.29) is 0 Å². The quantitative estimate of drug-likeness (QED) is 0.221. The van der Waals surface area contributed by atoms with Crippen LogP contribution in [-0.2, 0) is 23.7 Å². The highest BCUT2D eigenvalue weighted by Gasteiger charge is 2.51. The van der Waals surface area contributed by atoms with E-state index in [1.165, 1.54) is 7.11 Å². The standard InChI is InChI=1S/C20H38O11/c1-5-7-20(3,6-2)31-19-15(26)13(24)17(11(9-22)29-19)30-18-14(25)12(23)16(27-4)10(8-21)28-18/h10-19,21-26H,5-9H2,1-4H3/t10?,11?,12?,13?,14?,15?,16?,17?,18?,19?,20-/m0/s1. The van der Waals surface area contributed by atoms with Crippen molar-refractivity contribution in [3.8, 4) is 0 Å². The first kappa shape index (κ1) is 26.8. The molecule has 2 aliphatic heterocycles. The Morgan fingerprint density at radius 3 is 1.84 bits per heavy atom. The van der Waals surface area contributed by atoms with E-state index in [1.54, 1.807) is 0 Å². The molecule has 0 aromatic heterocycles. The van der Waals surface area contributed by atoms with Crippen LogP contribution in [-0.4, -0.2) is 118 Å². The molecule has 0 radical (unpaired) electrons. The van der Waals surface area contributed by atoms with Crippen LogP contribution < -0.4 is 0 Å². The summed E-state index contributed by atoms with van der Waals surface area (Å²) in [6.07, 6.45) is -10.9. The van der Waals surface area contributed by atoms with Crippen molar-refractivity contribution in [2.24, 2.45) is 0 Å². The van der Waals surface area contributed by atoms with Gasteiger partial charge in [-0.3, -0.25) is 0 Å². The number of methoxy groups -OCH3 is 1. The fourth-order valence-electron chi connectivity index (χ4n) is 4.06. The first-order chi connectivity index (χ1) is 14.7. The second kappa shape index (κ2) is 11.6. The zero-order valence-corrected chi connectivity index (χ0v) is 18.5. The van der Waals surface area contributed by atoms with E-state index in [0.717, 1.165) is 6.42 Å². The highest BCUT2D eigenvalue weighted by Crippen LogP contribution is 2.33. The van der Waals surface area contributed by atoms with Crippen LogP contribution >= 0.6 is 0 Å². The summed E-state index contributed by atoms with van der Waals surface area (Å²) in [5.74, 6) is 0. The first-order valence-corrected chi connectivity index (χ1v) is 10.8. The van der Waals surface area contributed by atoms with Gasteiger partial charge in [-0.15, -0.1) is 0 Å². The van der Waals surface area contributed by atoms with E-state index in [4.69, 9.17) is 23.7 Å². The van der Waals surface area contributed by atoms with Crippen LogP contribution in [0.1, 0.15) is 40.0 Å². The molecular weight excluding hydrogens is 416 g/mol. The number of hydrogen-bond acceptors (Lipinski definition) is 11. The number of aliphatic hydroxyl groups is 6.